The van der Waals surface area contributed by atoms with Crippen molar-refractivity contribution in [3.63, 3.8) is 0 Å². The van der Waals surface area contributed by atoms with Gasteiger partial charge < -0.3 is 4.90 Å². The Bertz CT molecular complexity index is 992. The standard InChI is InChI=1S/C18H17N5O2S/c1-12-17(26-11-20-12)18(25)22-8-13(9-22)10-23-16(24)3-2-15(21-23)14-4-6-19-7-5-14/h2-7,11,13H,8-10H2,1H3. The molecule has 0 spiro atoms. The normalized spacial score (nSPS) is 14.3. The van der Waals surface area contributed by atoms with Crippen LogP contribution in [-0.4, -0.2) is 43.6 Å². The maximum absolute atomic E-state index is 12.4. The summed E-state index contributed by atoms with van der Waals surface area (Å²) in [5.74, 6) is 0.247. The third-order valence-corrected chi connectivity index (χ3v) is 5.37. The molecule has 3 aromatic rings. The van der Waals surface area contributed by atoms with Gasteiger partial charge in [0, 0.05) is 43.0 Å². The van der Waals surface area contributed by atoms with Crippen LogP contribution in [0.1, 0.15) is 15.4 Å². The summed E-state index contributed by atoms with van der Waals surface area (Å²) in [6.45, 7) is 3.60. The predicted molar refractivity (Wildman–Crippen MR) is 98.0 cm³/mol. The Labute approximate surface area is 154 Å². The Kier molecular flexibility index (Phi) is 4.34. The van der Waals surface area contributed by atoms with E-state index >= 15 is 0 Å². The molecule has 7 nitrogen and oxygen atoms in total. The number of nitrogens with zero attached hydrogens (tertiary/aromatic N) is 5. The van der Waals surface area contributed by atoms with E-state index in [2.05, 4.69) is 15.1 Å². The molecule has 3 aromatic heterocycles. The van der Waals surface area contributed by atoms with E-state index in [0.717, 1.165) is 17.0 Å². The van der Waals surface area contributed by atoms with Crippen LogP contribution >= 0.6 is 11.3 Å². The smallest absolute Gasteiger partial charge is 0.266 e. The third kappa shape index (κ3) is 3.15. The van der Waals surface area contributed by atoms with Crippen molar-refractivity contribution in [3.05, 3.63) is 63.1 Å². The van der Waals surface area contributed by atoms with E-state index < -0.39 is 0 Å². The second-order valence-corrected chi connectivity index (χ2v) is 7.17. The Morgan fingerprint density at radius 1 is 1.23 bits per heavy atom. The van der Waals surface area contributed by atoms with Crippen molar-refractivity contribution in [1.29, 1.82) is 0 Å². The van der Waals surface area contributed by atoms with Crippen molar-refractivity contribution in [1.82, 2.24) is 24.6 Å². The first kappa shape index (κ1) is 16.6. The number of amides is 1. The van der Waals surface area contributed by atoms with E-state index in [4.69, 9.17) is 0 Å². The number of hydrogen-bond donors (Lipinski definition) is 0. The van der Waals surface area contributed by atoms with Gasteiger partial charge in [-0.15, -0.1) is 11.3 Å². The highest BCUT2D eigenvalue weighted by molar-refractivity contribution is 7.11. The van der Waals surface area contributed by atoms with Crippen molar-refractivity contribution in [2.45, 2.75) is 13.5 Å². The molecule has 0 radical (unpaired) electrons. The second-order valence-electron chi connectivity index (χ2n) is 6.32. The van der Waals surface area contributed by atoms with E-state index in [1.807, 2.05) is 19.1 Å². The molecule has 0 atom stereocenters. The number of carbonyl (C=O) groups is 1. The Hall–Kier alpha value is -2.87. The number of carbonyl (C=O) groups excluding carboxylic acids is 1. The van der Waals surface area contributed by atoms with Gasteiger partial charge in [-0.05, 0) is 25.1 Å². The van der Waals surface area contributed by atoms with Crippen LogP contribution in [0.25, 0.3) is 11.3 Å². The molecule has 4 rings (SSSR count). The minimum Gasteiger partial charge on any atom is -0.337 e. The van der Waals surface area contributed by atoms with Crippen LogP contribution in [0.3, 0.4) is 0 Å². The van der Waals surface area contributed by atoms with Gasteiger partial charge in [-0.1, -0.05) is 0 Å². The van der Waals surface area contributed by atoms with Crippen molar-refractivity contribution in [3.8, 4) is 11.3 Å². The van der Waals surface area contributed by atoms with E-state index in [1.165, 1.54) is 22.1 Å². The van der Waals surface area contributed by atoms with Gasteiger partial charge in [-0.2, -0.15) is 5.10 Å². The molecule has 8 heteroatoms. The Morgan fingerprint density at radius 2 is 2.00 bits per heavy atom. The van der Waals surface area contributed by atoms with Crippen LogP contribution in [-0.2, 0) is 6.54 Å². The molecule has 0 saturated carbocycles. The summed E-state index contributed by atoms with van der Waals surface area (Å²) in [7, 11) is 0. The number of pyridine rings is 1. The third-order valence-electron chi connectivity index (χ3n) is 4.46. The first-order chi connectivity index (χ1) is 12.6. The second kappa shape index (κ2) is 6.80. The fraction of sp³-hybridized carbons (Fsp3) is 0.278. The molecule has 1 saturated heterocycles. The van der Waals surface area contributed by atoms with Gasteiger partial charge in [-0.3, -0.25) is 14.6 Å². The topological polar surface area (TPSA) is 81.0 Å². The van der Waals surface area contributed by atoms with Crippen LogP contribution < -0.4 is 5.56 Å². The Balaban J connectivity index is 1.44. The molecule has 0 N–H and O–H groups in total. The lowest BCUT2D eigenvalue weighted by Crippen LogP contribution is -2.52. The first-order valence-electron chi connectivity index (χ1n) is 8.30. The quantitative estimate of drug-likeness (QED) is 0.703. The molecule has 1 aliphatic rings. The van der Waals surface area contributed by atoms with Crippen LogP contribution in [0, 0.1) is 12.8 Å². The molecule has 132 valence electrons. The average Bonchev–Trinajstić information content (AvgIpc) is 3.05. The molecule has 1 fully saturated rings. The van der Waals surface area contributed by atoms with Crippen LogP contribution in [0.5, 0.6) is 0 Å². The van der Waals surface area contributed by atoms with Crippen molar-refractivity contribution < 1.29 is 4.79 Å². The molecule has 0 aliphatic carbocycles. The number of hydrogen-bond acceptors (Lipinski definition) is 6. The van der Waals surface area contributed by atoms with E-state index in [9.17, 15) is 9.59 Å². The molecular weight excluding hydrogens is 350 g/mol. The number of thiazole rings is 1. The van der Waals surface area contributed by atoms with Crippen LogP contribution in [0.2, 0.25) is 0 Å². The predicted octanol–water partition coefficient (Wildman–Crippen LogP) is 1.84. The zero-order chi connectivity index (χ0) is 18.1. The average molecular weight is 367 g/mol. The van der Waals surface area contributed by atoms with Gasteiger partial charge in [0.25, 0.3) is 11.5 Å². The lowest BCUT2D eigenvalue weighted by molar-refractivity contribution is 0.0462. The largest absolute Gasteiger partial charge is 0.337 e. The van der Waals surface area contributed by atoms with E-state index in [1.54, 1.807) is 28.9 Å². The highest BCUT2D eigenvalue weighted by atomic mass is 32.1. The maximum atomic E-state index is 12.4. The lowest BCUT2D eigenvalue weighted by atomic mass is 10.00. The minimum atomic E-state index is -0.133. The fourth-order valence-electron chi connectivity index (χ4n) is 3.00. The summed E-state index contributed by atoms with van der Waals surface area (Å²) in [4.78, 5) is 35.2. The molecule has 1 amide bonds. The Morgan fingerprint density at radius 3 is 2.69 bits per heavy atom. The molecule has 4 heterocycles. The number of aryl methyl sites for hydroxylation is 1. The summed E-state index contributed by atoms with van der Waals surface area (Å²) in [6.07, 6.45) is 3.40. The van der Waals surface area contributed by atoms with E-state index in [-0.39, 0.29) is 17.4 Å². The summed E-state index contributed by atoms with van der Waals surface area (Å²) in [5, 5.41) is 4.46. The van der Waals surface area contributed by atoms with Crippen molar-refractivity contribution in [2.75, 3.05) is 13.1 Å². The highest BCUT2D eigenvalue weighted by Gasteiger charge is 2.33. The highest BCUT2D eigenvalue weighted by Crippen LogP contribution is 2.23. The molecule has 0 bridgehead atoms. The van der Waals surface area contributed by atoms with E-state index in [0.29, 0.717) is 24.5 Å². The molecule has 0 unspecified atom stereocenters. The summed E-state index contributed by atoms with van der Waals surface area (Å²) >= 11 is 1.37. The van der Waals surface area contributed by atoms with Gasteiger partial charge in [0.05, 0.1) is 23.4 Å². The van der Waals surface area contributed by atoms with Crippen molar-refractivity contribution >= 4 is 17.2 Å². The summed E-state index contributed by atoms with van der Waals surface area (Å²) in [5.41, 5.74) is 3.98. The van der Waals surface area contributed by atoms with Crippen molar-refractivity contribution in [2.24, 2.45) is 5.92 Å². The van der Waals surface area contributed by atoms with Crippen LogP contribution in [0.4, 0.5) is 0 Å². The van der Waals surface area contributed by atoms with Gasteiger partial charge in [0.2, 0.25) is 0 Å². The number of likely N-dealkylation sites (tertiary alicyclic amines) is 1. The van der Waals surface area contributed by atoms with Gasteiger partial charge in [-0.25, -0.2) is 9.67 Å². The maximum Gasteiger partial charge on any atom is 0.266 e. The summed E-state index contributed by atoms with van der Waals surface area (Å²) < 4.78 is 1.49. The summed E-state index contributed by atoms with van der Waals surface area (Å²) in [6, 6.07) is 6.97. The molecule has 1 aliphatic heterocycles. The lowest BCUT2D eigenvalue weighted by Gasteiger charge is -2.39. The number of aromatic nitrogens is 4. The first-order valence-corrected chi connectivity index (χ1v) is 9.17. The zero-order valence-corrected chi connectivity index (χ0v) is 15.0. The van der Waals surface area contributed by atoms with Gasteiger partial charge in [0.1, 0.15) is 4.88 Å². The molecule has 26 heavy (non-hydrogen) atoms. The minimum absolute atomic E-state index is 0.0205. The van der Waals surface area contributed by atoms with Gasteiger partial charge >= 0.3 is 0 Å². The van der Waals surface area contributed by atoms with Crippen LogP contribution in [0.15, 0.2) is 47.0 Å². The monoisotopic (exact) mass is 367 g/mol. The number of rotatable bonds is 4. The molecular formula is C18H17N5O2S. The SMILES string of the molecule is Cc1ncsc1C(=O)N1CC(Cn2nc(-c3ccncc3)ccc2=O)C1. The fourth-order valence-corrected chi connectivity index (χ4v) is 3.77. The zero-order valence-electron chi connectivity index (χ0n) is 14.2. The molecule has 0 aromatic carbocycles. The van der Waals surface area contributed by atoms with Gasteiger partial charge in [0.15, 0.2) is 0 Å².